The summed E-state index contributed by atoms with van der Waals surface area (Å²) in [5.74, 6) is -0.800. The Labute approximate surface area is 231 Å². The van der Waals surface area contributed by atoms with E-state index in [2.05, 4.69) is 9.69 Å². The number of carbonyl (C=O) groups is 2. The van der Waals surface area contributed by atoms with E-state index in [1.807, 2.05) is 92.7 Å². The lowest BCUT2D eigenvalue weighted by atomic mass is 9.74. The van der Waals surface area contributed by atoms with Crippen LogP contribution in [-0.2, 0) is 19.7 Å². The molecule has 39 heavy (non-hydrogen) atoms. The van der Waals surface area contributed by atoms with E-state index in [9.17, 15) is 14.7 Å². The summed E-state index contributed by atoms with van der Waals surface area (Å²) in [5.41, 5.74) is 5.12. The molecule has 2 heterocycles. The normalized spacial score (nSPS) is 15.3. The number of aliphatic carboxylic acids is 1. The molecular weight excluding hydrogens is 512 g/mol. The number of rotatable bonds is 7. The summed E-state index contributed by atoms with van der Waals surface area (Å²) >= 11 is 1.32. The molecule has 8 heteroatoms. The van der Waals surface area contributed by atoms with Crippen LogP contribution in [0.25, 0.3) is 21.6 Å². The quantitative estimate of drug-likeness (QED) is 0.256. The van der Waals surface area contributed by atoms with Crippen molar-refractivity contribution in [2.24, 2.45) is 0 Å². The van der Waals surface area contributed by atoms with Crippen molar-refractivity contribution in [2.75, 3.05) is 18.5 Å². The van der Waals surface area contributed by atoms with Crippen LogP contribution in [0.2, 0.25) is 0 Å². The van der Waals surface area contributed by atoms with E-state index in [0.717, 1.165) is 38.4 Å². The zero-order chi connectivity index (χ0) is 27.4. The van der Waals surface area contributed by atoms with Crippen LogP contribution in [-0.4, -0.2) is 34.8 Å². The van der Waals surface area contributed by atoms with Gasteiger partial charge in [0.05, 0.1) is 21.7 Å². The topological polar surface area (TPSA) is 97.8 Å². The van der Waals surface area contributed by atoms with Crippen LogP contribution in [0.3, 0.4) is 0 Å². The molecular formula is C31H30N2O5S. The molecule has 1 aliphatic rings. The van der Waals surface area contributed by atoms with Crippen LogP contribution >= 0.6 is 11.5 Å². The number of nitrogens with zero attached hydrogens (tertiary/aromatic N) is 1. The molecule has 0 bridgehead atoms. The summed E-state index contributed by atoms with van der Waals surface area (Å²) in [6.45, 7) is 4.60. The van der Waals surface area contributed by atoms with E-state index in [0.29, 0.717) is 31.7 Å². The van der Waals surface area contributed by atoms with Crippen molar-refractivity contribution in [3.63, 3.8) is 0 Å². The molecule has 0 saturated carbocycles. The van der Waals surface area contributed by atoms with Crippen LogP contribution in [0.5, 0.6) is 0 Å². The SMILES string of the molecule is Cc1nsc(-c2ccc(-c3ccc(C4(C(=O)O)CCOCC4)cc3)cc2)c1NC(=O)OC(C)c1ccccc1. The monoisotopic (exact) mass is 542 g/mol. The van der Waals surface area contributed by atoms with E-state index in [1.54, 1.807) is 0 Å². The van der Waals surface area contributed by atoms with Gasteiger partial charge in [-0.15, -0.1) is 0 Å². The minimum atomic E-state index is -0.895. The van der Waals surface area contributed by atoms with Crippen molar-refractivity contribution in [1.82, 2.24) is 4.37 Å². The fraction of sp³-hybridized carbons (Fsp3) is 0.258. The summed E-state index contributed by atoms with van der Waals surface area (Å²) in [7, 11) is 0. The van der Waals surface area contributed by atoms with Gasteiger partial charge >= 0.3 is 12.1 Å². The summed E-state index contributed by atoms with van der Waals surface area (Å²) in [4.78, 5) is 25.6. The van der Waals surface area contributed by atoms with Gasteiger partial charge < -0.3 is 14.6 Å². The summed E-state index contributed by atoms with van der Waals surface area (Å²) in [6.07, 6.45) is 0.0275. The zero-order valence-electron chi connectivity index (χ0n) is 21.8. The van der Waals surface area contributed by atoms with Gasteiger partial charge in [0.15, 0.2) is 0 Å². The van der Waals surface area contributed by atoms with Crippen LogP contribution in [0.1, 0.15) is 42.7 Å². The Morgan fingerprint density at radius 1 is 0.949 bits per heavy atom. The molecule has 5 rings (SSSR count). The Kier molecular flexibility index (Phi) is 7.77. The van der Waals surface area contributed by atoms with Crippen molar-refractivity contribution in [3.05, 3.63) is 95.7 Å². The molecule has 200 valence electrons. The Morgan fingerprint density at radius 2 is 1.54 bits per heavy atom. The Morgan fingerprint density at radius 3 is 2.15 bits per heavy atom. The maximum Gasteiger partial charge on any atom is 0.412 e. The van der Waals surface area contributed by atoms with Gasteiger partial charge in [0.2, 0.25) is 0 Å². The second kappa shape index (κ2) is 11.4. The van der Waals surface area contributed by atoms with E-state index in [-0.39, 0.29) is 6.10 Å². The number of anilines is 1. The molecule has 0 radical (unpaired) electrons. The number of ether oxygens (including phenoxy) is 2. The predicted molar refractivity (Wildman–Crippen MR) is 152 cm³/mol. The average Bonchev–Trinajstić information content (AvgIpc) is 3.33. The zero-order valence-corrected chi connectivity index (χ0v) is 22.7. The lowest BCUT2D eigenvalue weighted by Crippen LogP contribution is -2.41. The number of aryl methyl sites for hydroxylation is 1. The van der Waals surface area contributed by atoms with Crippen molar-refractivity contribution in [1.29, 1.82) is 0 Å². The number of benzene rings is 3. The molecule has 1 fully saturated rings. The third-order valence-electron chi connectivity index (χ3n) is 7.32. The molecule has 3 aromatic carbocycles. The van der Waals surface area contributed by atoms with Gasteiger partial charge in [0.25, 0.3) is 0 Å². The summed E-state index contributed by atoms with van der Waals surface area (Å²) in [6, 6.07) is 25.4. The average molecular weight is 543 g/mol. The van der Waals surface area contributed by atoms with E-state index < -0.39 is 17.5 Å². The molecule has 0 aliphatic carbocycles. The highest BCUT2D eigenvalue weighted by Crippen LogP contribution is 2.38. The van der Waals surface area contributed by atoms with Gasteiger partial charge in [-0.1, -0.05) is 78.9 Å². The Bertz CT molecular complexity index is 1440. The molecule has 0 spiro atoms. The molecule has 1 saturated heterocycles. The third-order valence-corrected chi connectivity index (χ3v) is 8.30. The first-order valence-electron chi connectivity index (χ1n) is 12.9. The van der Waals surface area contributed by atoms with Crippen LogP contribution < -0.4 is 5.32 Å². The Hall–Kier alpha value is -4.01. The second-order valence-corrected chi connectivity index (χ2v) is 10.5. The van der Waals surface area contributed by atoms with Crippen molar-refractivity contribution < 1.29 is 24.2 Å². The molecule has 1 atom stereocenters. The fourth-order valence-electron chi connectivity index (χ4n) is 4.94. The van der Waals surface area contributed by atoms with Crippen LogP contribution in [0, 0.1) is 6.92 Å². The minimum Gasteiger partial charge on any atom is -0.481 e. The first-order valence-corrected chi connectivity index (χ1v) is 13.7. The first-order chi connectivity index (χ1) is 18.9. The number of nitrogens with one attached hydrogen (secondary N) is 1. The smallest absolute Gasteiger partial charge is 0.412 e. The van der Waals surface area contributed by atoms with Gasteiger partial charge in [-0.25, -0.2) is 4.79 Å². The number of hydrogen-bond donors (Lipinski definition) is 2. The largest absolute Gasteiger partial charge is 0.481 e. The number of carbonyl (C=O) groups excluding carboxylic acids is 1. The number of hydrogen-bond acceptors (Lipinski definition) is 6. The maximum atomic E-state index is 12.7. The van der Waals surface area contributed by atoms with Crippen molar-refractivity contribution in [3.8, 4) is 21.6 Å². The standard InChI is InChI=1S/C31H30N2O5S/c1-20-27(32-30(36)38-21(2)22-6-4-3-5-7-22)28(39-33-20)25-10-8-23(9-11-25)24-12-14-26(15-13-24)31(29(34)35)16-18-37-19-17-31/h3-15,21H,16-19H2,1-2H3,(H,32,36)(H,34,35). The van der Waals surface area contributed by atoms with Gasteiger partial charge in [0, 0.05) is 13.2 Å². The molecule has 2 N–H and O–H groups in total. The van der Waals surface area contributed by atoms with Gasteiger partial charge in [-0.05, 0) is 66.0 Å². The van der Waals surface area contributed by atoms with Crippen LogP contribution in [0.4, 0.5) is 10.5 Å². The van der Waals surface area contributed by atoms with Gasteiger partial charge in [-0.3, -0.25) is 10.1 Å². The second-order valence-electron chi connectivity index (χ2n) is 9.71. The predicted octanol–water partition coefficient (Wildman–Crippen LogP) is 7.23. The van der Waals surface area contributed by atoms with Crippen molar-refractivity contribution >= 4 is 29.3 Å². The number of aromatic nitrogens is 1. The lowest BCUT2D eigenvalue weighted by Gasteiger charge is -2.33. The maximum absolute atomic E-state index is 12.7. The van der Waals surface area contributed by atoms with Gasteiger partial charge in [-0.2, -0.15) is 4.37 Å². The van der Waals surface area contributed by atoms with E-state index in [1.165, 1.54) is 11.5 Å². The van der Waals surface area contributed by atoms with Gasteiger partial charge in [0.1, 0.15) is 6.10 Å². The molecule has 4 aromatic rings. The van der Waals surface area contributed by atoms with Crippen LogP contribution in [0.15, 0.2) is 78.9 Å². The molecule has 1 amide bonds. The number of carboxylic acid groups (broad SMARTS) is 1. The van der Waals surface area contributed by atoms with E-state index in [4.69, 9.17) is 9.47 Å². The lowest BCUT2D eigenvalue weighted by molar-refractivity contribution is -0.147. The molecule has 1 aliphatic heterocycles. The van der Waals surface area contributed by atoms with E-state index >= 15 is 0 Å². The highest BCUT2D eigenvalue weighted by molar-refractivity contribution is 7.10. The van der Waals surface area contributed by atoms with Crippen molar-refractivity contribution in [2.45, 2.75) is 38.2 Å². The minimum absolute atomic E-state index is 0.385. The number of carboxylic acids is 1. The summed E-state index contributed by atoms with van der Waals surface area (Å²) < 4.78 is 15.5. The first kappa shape index (κ1) is 26.6. The molecule has 7 nitrogen and oxygen atoms in total. The third kappa shape index (κ3) is 5.57. The fourth-order valence-corrected chi connectivity index (χ4v) is 5.79. The Balaban J connectivity index is 1.31. The number of amides is 1. The summed E-state index contributed by atoms with van der Waals surface area (Å²) in [5, 5.41) is 12.8. The highest BCUT2D eigenvalue weighted by atomic mass is 32.1. The highest BCUT2D eigenvalue weighted by Gasteiger charge is 2.41. The molecule has 1 unspecified atom stereocenters. The molecule has 1 aromatic heterocycles.